The highest BCUT2D eigenvalue weighted by Gasteiger charge is 2.45. The Balaban J connectivity index is 1.99. The maximum absolute atomic E-state index is 13.4. The molecule has 1 spiro atoms. The molecule has 2 N–H and O–H groups in total. The van der Waals surface area contributed by atoms with Crippen LogP contribution in [-0.2, 0) is 4.79 Å². The Kier molecular flexibility index (Phi) is 2.40. The minimum atomic E-state index is -0.324. The molecule has 1 amide bonds. The molecule has 3 nitrogen and oxygen atoms in total. The Labute approximate surface area is 107 Å². The van der Waals surface area contributed by atoms with Gasteiger partial charge in [-0.05, 0) is 34.8 Å². The molecule has 0 atom stereocenters. The first-order valence-corrected chi connectivity index (χ1v) is 6.44. The molecule has 17 heavy (non-hydrogen) atoms. The lowest BCUT2D eigenvalue weighted by Crippen LogP contribution is -2.45. The summed E-state index contributed by atoms with van der Waals surface area (Å²) in [7, 11) is 0. The van der Waals surface area contributed by atoms with Gasteiger partial charge in [0.05, 0.1) is 21.3 Å². The Bertz CT molecular complexity index is 500. The summed E-state index contributed by atoms with van der Waals surface area (Å²) in [4.78, 5) is 12.1. The van der Waals surface area contributed by atoms with Crippen molar-refractivity contribution in [3.05, 3.63) is 22.4 Å². The molecule has 1 aromatic rings. The maximum Gasteiger partial charge on any atom is 0.232 e. The standard InChI is InChI=1S/C12H12BrFN2O/c13-7-4-10-9(5-8(7)14)15-6-12(2-1-3-12)11(17)16-10/h4-5,15H,1-3,6H2,(H,16,17). The van der Waals surface area contributed by atoms with E-state index in [0.29, 0.717) is 22.4 Å². The van der Waals surface area contributed by atoms with Crippen molar-refractivity contribution in [2.75, 3.05) is 17.2 Å². The van der Waals surface area contributed by atoms with Gasteiger partial charge < -0.3 is 10.6 Å². The highest BCUT2D eigenvalue weighted by atomic mass is 79.9. The van der Waals surface area contributed by atoms with Crippen LogP contribution in [0.3, 0.4) is 0 Å². The molecule has 1 heterocycles. The lowest BCUT2D eigenvalue weighted by molar-refractivity contribution is -0.129. The molecule has 1 aliphatic heterocycles. The second-order valence-corrected chi connectivity index (χ2v) is 5.61. The van der Waals surface area contributed by atoms with E-state index in [1.165, 1.54) is 6.07 Å². The first kappa shape index (κ1) is 11.0. The number of halogens is 2. The van der Waals surface area contributed by atoms with E-state index >= 15 is 0 Å². The van der Waals surface area contributed by atoms with Crippen LogP contribution in [0.2, 0.25) is 0 Å². The van der Waals surface area contributed by atoms with E-state index in [1.807, 2.05) is 0 Å². The van der Waals surface area contributed by atoms with Crippen molar-refractivity contribution in [1.82, 2.24) is 0 Å². The van der Waals surface area contributed by atoms with Gasteiger partial charge in [-0.15, -0.1) is 0 Å². The predicted octanol–water partition coefficient (Wildman–Crippen LogP) is 3.12. The molecular weight excluding hydrogens is 287 g/mol. The lowest BCUT2D eigenvalue weighted by atomic mass is 9.68. The summed E-state index contributed by atoms with van der Waals surface area (Å²) in [6.45, 7) is 0.590. The summed E-state index contributed by atoms with van der Waals surface area (Å²) >= 11 is 3.13. The molecule has 1 aromatic carbocycles. The molecule has 1 aliphatic carbocycles. The predicted molar refractivity (Wildman–Crippen MR) is 67.5 cm³/mol. The number of carbonyl (C=O) groups excluding carboxylic acids is 1. The molecule has 1 saturated carbocycles. The number of amides is 1. The van der Waals surface area contributed by atoms with Gasteiger partial charge in [0.15, 0.2) is 0 Å². The topological polar surface area (TPSA) is 41.1 Å². The number of hydrogen-bond acceptors (Lipinski definition) is 2. The molecule has 90 valence electrons. The molecule has 0 unspecified atom stereocenters. The highest BCUT2D eigenvalue weighted by molar-refractivity contribution is 9.10. The van der Waals surface area contributed by atoms with Gasteiger partial charge in [0, 0.05) is 12.6 Å². The van der Waals surface area contributed by atoms with E-state index < -0.39 is 0 Å². The molecule has 2 aliphatic rings. The summed E-state index contributed by atoms with van der Waals surface area (Å²) in [5.74, 6) is -0.274. The number of fused-ring (bicyclic) bond motifs is 1. The van der Waals surface area contributed by atoms with Crippen molar-refractivity contribution in [1.29, 1.82) is 0 Å². The van der Waals surface area contributed by atoms with Gasteiger partial charge in [-0.1, -0.05) is 6.42 Å². The zero-order valence-corrected chi connectivity index (χ0v) is 10.7. The number of benzene rings is 1. The van der Waals surface area contributed by atoms with Crippen molar-refractivity contribution >= 4 is 33.2 Å². The normalized spacial score (nSPS) is 20.9. The zero-order chi connectivity index (χ0) is 12.0. The van der Waals surface area contributed by atoms with E-state index in [9.17, 15) is 9.18 Å². The van der Waals surface area contributed by atoms with Crippen LogP contribution in [0, 0.1) is 11.2 Å². The summed E-state index contributed by atoms with van der Waals surface area (Å²) in [5.41, 5.74) is 1.01. The number of nitrogens with one attached hydrogen (secondary N) is 2. The monoisotopic (exact) mass is 298 g/mol. The molecule has 0 bridgehead atoms. The summed E-state index contributed by atoms with van der Waals surface area (Å²) in [6, 6.07) is 3.02. The molecule has 1 fully saturated rings. The first-order chi connectivity index (χ1) is 8.11. The Morgan fingerprint density at radius 2 is 2.06 bits per heavy atom. The Morgan fingerprint density at radius 3 is 2.71 bits per heavy atom. The Hall–Kier alpha value is -1.10. The molecule has 5 heteroatoms. The average molecular weight is 299 g/mol. The van der Waals surface area contributed by atoms with Gasteiger partial charge in [-0.2, -0.15) is 0 Å². The van der Waals surface area contributed by atoms with Crippen LogP contribution in [0.4, 0.5) is 15.8 Å². The van der Waals surface area contributed by atoms with Gasteiger partial charge >= 0.3 is 0 Å². The second-order valence-electron chi connectivity index (χ2n) is 4.75. The van der Waals surface area contributed by atoms with Crippen LogP contribution in [0.15, 0.2) is 16.6 Å². The number of carbonyl (C=O) groups is 1. The van der Waals surface area contributed by atoms with Crippen LogP contribution in [0.25, 0.3) is 0 Å². The smallest absolute Gasteiger partial charge is 0.232 e. The van der Waals surface area contributed by atoms with Crippen molar-refractivity contribution < 1.29 is 9.18 Å². The fraction of sp³-hybridized carbons (Fsp3) is 0.417. The van der Waals surface area contributed by atoms with Gasteiger partial charge in [0.2, 0.25) is 5.91 Å². The van der Waals surface area contributed by atoms with Crippen molar-refractivity contribution in [3.8, 4) is 0 Å². The minimum absolute atomic E-state index is 0.0495. The minimum Gasteiger partial charge on any atom is -0.382 e. The number of hydrogen-bond donors (Lipinski definition) is 2. The number of anilines is 2. The van der Waals surface area contributed by atoms with Gasteiger partial charge in [0.25, 0.3) is 0 Å². The third kappa shape index (κ3) is 1.64. The van der Waals surface area contributed by atoms with Crippen LogP contribution in [0.1, 0.15) is 19.3 Å². The molecule has 0 aromatic heterocycles. The van der Waals surface area contributed by atoms with E-state index in [1.54, 1.807) is 6.07 Å². The fourth-order valence-electron chi connectivity index (χ4n) is 2.40. The Morgan fingerprint density at radius 1 is 1.29 bits per heavy atom. The van der Waals surface area contributed by atoms with E-state index in [-0.39, 0.29) is 17.1 Å². The van der Waals surface area contributed by atoms with E-state index in [4.69, 9.17) is 0 Å². The second kappa shape index (κ2) is 3.70. The van der Waals surface area contributed by atoms with Crippen molar-refractivity contribution in [2.45, 2.75) is 19.3 Å². The number of rotatable bonds is 0. The molecule has 3 rings (SSSR count). The van der Waals surface area contributed by atoms with E-state index in [2.05, 4.69) is 26.6 Å². The molecule has 0 radical (unpaired) electrons. The quantitative estimate of drug-likeness (QED) is 0.773. The SMILES string of the molecule is O=C1Nc2cc(Br)c(F)cc2NCC12CCC2. The van der Waals surface area contributed by atoms with Crippen LogP contribution < -0.4 is 10.6 Å². The maximum atomic E-state index is 13.4. The largest absolute Gasteiger partial charge is 0.382 e. The highest BCUT2D eigenvalue weighted by Crippen LogP contribution is 2.44. The third-order valence-electron chi connectivity index (χ3n) is 3.72. The molecule has 0 saturated heterocycles. The van der Waals surface area contributed by atoms with Crippen molar-refractivity contribution in [3.63, 3.8) is 0 Å². The van der Waals surface area contributed by atoms with E-state index in [0.717, 1.165) is 19.3 Å². The summed E-state index contributed by atoms with van der Waals surface area (Å²) in [5, 5.41) is 6.06. The van der Waals surface area contributed by atoms with Crippen LogP contribution in [-0.4, -0.2) is 12.5 Å². The zero-order valence-electron chi connectivity index (χ0n) is 9.15. The van der Waals surface area contributed by atoms with Gasteiger partial charge in [-0.25, -0.2) is 4.39 Å². The summed E-state index contributed by atoms with van der Waals surface area (Å²) < 4.78 is 13.8. The average Bonchev–Trinajstić information content (AvgIpc) is 2.35. The van der Waals surface area contributed by atoms with Crippen LogP contribution in [0.5, 0.6) is 0 Å². The third-order valence-corrected chi connectivity index (χ3v) is 4.33. The van der Waals surface area contributed by atoms with Gasteiger partial charge in [-0.3, -0.25) is 4.79 Å². The van der Waals surface area contributed by atoms with Crippen LogP contribution >= 0.6 is 15.9 Å². The van der Waals surface area contributed by atoms with Gasteiger partial charge in [0.1, 0.15) is 5.82 Å². The first-order valence-electron chi connectivity index (χ1n) is 5.65. The lowest BCUT2D eigenvalue weighted by Gasteiger charge is -2.38. The fourth-order valence-corrected chi connectivity index (χ4v) is 2.75. The summed E-state index contributed by atoms with van der Waals surface area (Å²) in [6.07, 6.45) is 2.90. The molecular formula is C12H12BrFN2O. The van der Waals surface area contributed by atoms with Crippen molar-refractivity contribution in [2.24, 2.45) is 5.41 Å².